The topological polar surface area (TPSA) is 47.0 Å². The highest BCUT2D eigenvalue weighted by molar-refractivity contribution is 5.88. The van der Waals surface area contributed by atoms with Crippen LogP contribution in [0.2, 0.25) is 0 Å². The number of hydrogen-bond donors (Lipinski definition) is 0. The molecular formula is C26H25N3O2. The molecule has 156 valence electrons. The lowest BCUT2D eigenvalue weighted by atomic mass is 9.98. The van der Waals surface area contributed by atoms with Gasteiger partial charge in [-0.3, -0.25) is 14.9 Å². The Morgan fingerprint density at radius 2 is 2.10 bits per heavy atom. The van der Waals surface area contributed by atoms with E-state index >= 15 is 0 Å². The largest absolute Gasteiger partial charge is 0.486 e. The molecule has 5 nitrogen and oxygen atoms in total. The Kier molecular flexibility index (Phi) is 4.50. The molecule has 0 bridgehead atoms. The van der Waals surface area contributed by atoms with Gasteiger partial charge in [0.05, 0.1) is 17.4 Å². The van der Waals surface area contributed by atoms with E-state index in [0.717, 1.165) is 65.9 Å². The van der Waals surface area contributed by atoms with Crippen molar-refractivity contribution in [3.05, 3.63) is 76.4 Å². The monoisotopic (exact) mass is 411 g/mol. The summed E-state index contributed by atoms with van der Waals surface area (Å²) in [5.74, 6) is 1.65. The van der Waals surface area contributed by atoms with Gasteiger partial charge in [0.2, 0.25) is 0 Å². The molecule has 3 aliphatic rings. The Labute approximate surface area is 181 Å². The third-order valence-electron chi connectivity index (χ3n) is 6.40. The predicted octanol–water partition coefficient (Wildman–Crippen LogP) is 2.80. The van der Waals surface area contributed by atoms with E-state index in [-0.39, 0.29) is 6.10 Å². The van der Waals surface area contributed by atoms with Crippen LogP contribution in [-0.4, -0.2) is 48.8 Å². The molecule has 1 atom stereocenters. The standard InChI is InChI=1S/C26H25N3O2/c1-17-12-21-24(27-13-17)6-7-25-26(21)31-19(16-30-25)15-29-10-8-18(9-11-29)22-14-28-23-5-3-2-4-20(22)23/h2-8,12-13,19H,9-11,14-16H2,1H3. The Morgan fingerprint density at radius 1 is 1.16 bits per heavy atom. The minimum Gasteiger partial charge on any atom is -0.486 e. The van der Waals surface area contributed by atoms with Crippen molar-refractivity contribution in [2.75, 3.05) is 32.8 Å². The van der Waals surface area contributed by atoms with Gasteiger partial charge in [-0.05, 0) is 54.3 Å². The number of hydrogen-bond acceptors (Lipinski definition) is 5. The third-order valence-corrected chi connectivity index (χ3v) is 6.40. The molecule has 0 N–H and O–H groups in total. The van der Waals surface area contributed by atoms with Gasteiger partial charge in [0, 0.05) is 36.4 Å². The van der Waals surface area contributed by atoms with Crippen LogP contribution in [0.25, 0.3) is 16.5 Å². The van der Waals surface area contributed by atoms with E-state index in [0.29, 0.717) is 6.61 Å². The molecule has 0 radical (unpaired) electrons. The first-order chi connectivity index (χ1) is 15.2. The lowest BCUT2D eigenvalue weighted by molar-refractivity contribution is 0.0627. The van der Waals surface area contributed by atoms with Gasteiger partial charge in [-0.25, -0.2) is 0 Å². The highest BCUT2D eigenvalue weighted by Gasteiger charge is 2.26. The molecule has 0 saturated carbocycles. The van der Waals surface area contributed by atoms with E-state index in [2.05, 4.69) is 58.2 Å². The molecule has 3 aliphatic heterocycles. The highest BCUT2D eigenvalue weighted by atomic mass is 16.6. The van der Waals surface area contributed by atoms with Gasteiger partial charge in [-0.15, -0.1) is 0 Å². The maximum Gasteiger partial charge on any atom is 0.171 e. The lowest BCUT2D eigenvalue weighted by Crippen LogP contribution is -2.42. The van der Waals surface area contributed by atoms with Crippen LogP contribution in [0.5, 0.6) is 11.5 Å². The summed E-state index contributed by atoms with van der Waals surface area (Å²) in [7, 11) is 0. The molecule has 6 rings (SSSR count). The summed E-state index contributed by atoms with van der Waals surface area (Å²) in [5.41, 5.74) is 4.91. The van der Waals surface area contributed by atoms with Crippen LogP contribution >= 0.6 is 0 Å². The molecule has 0 aliphatic carbocycles. The minimum atomic E-state index is 0.0171. The molecule has 3 aromatic rings. The number of rotatable bonds is 3. The average Bonchev–Trinajstić information content (AvgIpc) is 3.24. The molecule has 5 heteroatoms. The maximum atomic E-state index is 6.43. The van der Waals surface area contributed by atoms with Crippen molar-refractivity contribution < 1.29 is 9.47 Å². The first-order valence-corrected chi connectivity index (χ1v) is 11.0. The second-order valence-electron chi connectivity index (χ2n) is 8.57. The maximum absolute atomic E-state index is 6.43. The van der Waals surface area contributed by atoms with Crippen LogP contribution in [0.4, 0.5) is 0 Å². The highest BCUT2D eigenvalue weighted by Crippen LogP contribution is 2.38. The zero-order valence-corrected chi connectivity index (χ0v) is 17.7. The molecule has 4 heterocycles. The molecule has 31 heavy (non-hydrogen) atoms. The zero-order chi connectivity index (χ0) is 20.8. The Balaban J connectivity index is 1.18. The van der Waals surface area contributed by atoms with Crippen molar-refractivity contribution >= 4 is 16.5 Å². The number of para-hydroxylation sites is 1. The van der Waals surface area contributed by atoms with E-state index in [9.17, 15) is 0 Å². The summed E-state index contributed by atoms with van der Waals surface area (Å²) in [6.07, 6.45) is 5.33. The molecule has 1 aromatic heterocycles. The molecule has 2 aromatic carbocycles. The quantitative estimate of drug-likeness (QED) is 0.665. The van der Waals surface area contributed by atoms with Crippen LogP contribution in [0.15, 0.2) is 65.3 Å². The first-order valence-electron chi connectivity index (χ1n) is 11.0. The van der Waals surface area contributed by atoms with Crippen LogP contribution in [0, 0.1) is 6.92 Å². The SMILES string of the molecule is Cc1cnc2ccc3c(c2c1)OC(CN1CC=C(C2=c4ccccc4=NC2)CC1)CO3. The van der Waals surface area contributed by atoms with E-state index in [1.807, 2.05) is 18.3 Å². The number of aromatic nitrogens is 1. The van der Waals surface area contributed by atoms with Crippen LogP contribution in [0.1, 0.15) is 12.0 Å². The minimum absolute atomic E-state index is 0.0171. The number of benzene rings is 2. The molecule has 0 amide bonds. The second kappa shape index (κ2) is 7.50. The summed E-state index contributed by atoms with van der Waals surface area (Å²) in [6.45, 7) is 6.26. The van der Waals surface area contributed by atoms with Crippen molar-refractivity contribution in [1.29, 1.82) is 0 Å². The average molecular weight is 412 g/mol. The van der Waals surface area contributed by atoms with E-state index in [1.165, 1.54) is 16.4 Å². The fourth-order valence-corrected chi connectivity index (χ4v) is 4.80. The van der Waals surface area contributed by atoms with Gasteiger partial charge in [-0.1, -0.05) is 24.3 Å². The van der Waals surface area contributed by atoms with Crippen LogP contribution in [-0.2, 0) is 0 Å². The van der Waals surface area contributed by atoms with E-state index < -0.39 is 0 Å². The smallest absolute Gasteiger partial charge is 0.171 e. The number of aryl methyl sites for hydroxylation is 1. The number of ether oxygens (including phenoxy) is 2. The molecule has 0 fully saturated rings. The van der Waals surface area contributed by atoms with Crippen LogP contribution in [0.3, 0.4) is 0 Å². The summed E-state index contributed by atoms with van der Waals surface area (Å²) in [5, 5.41) is 3.46. The van der Waals surface area contributed by atoms with Crippen molar-refractivity contribution in [1.82, 2.24) is 9.88 Å². The van der Waals surface area contributed by atoms with E-state index in [1.54, 1.807) is 0 Å². The van der Waals surface area contributed by atoms with E-state index in [4.69, 9.17) is 9.47 Å². The van der Waals surface area contributed by atoms with Crippen LogP contribution < -0.4 is 20.0 Å². The first kappa shape index (κ1) is 18.6. The summed E-state index contributed by atoms with van der Waals surface area (Å²) in [4.78, 5) is 11.7. The number of pyridine rings is 1. The Morgan fingerprint density at radius 3 is 3.00 bits per heavy atom. The number of fused-ring (bicyclic) bond motifs is 4. The summed E-state index contributed by atoms with van der Waals surface area (Å²) < 4.78 is 12.5. The van der Waals surface area contributed by atoms with Crippen molar-refractivity contribution in [2.24, 2.45) is 4.99 Å². The van der Waals surface area contributed by atoms with Gasteiger partial charge < -0.3 is 9.47 Å². The third kappa shape index (κ3) is 3.39. The van der Waals surface area contributed by atoms with Crippen molar-refractivity contribution in [3.8, 4) is 11.5 Å². The van der Waals surface area contributed by atoms with Gasteiger partial charge in [0.1, 0.15) is 12.7 Å². The Hall–Kier alpha value is -3.18. The van der Waals surface area contributed by atoms with Gasteiger partial charge in [0.25, 0.3) is 0 Å². The molecule has 1 unspecified atom stereocenters. The number of nitrogens with zero attached hydrogens (tertiary/aromatic N) is 3. The molecule has 0 spiro atoms. The molecule has 0 saturated heterocycles. The van der Waals surface area contributed by atoms with Crippen molar-refractivity contribution in [2.45, 2.75) is 19.4 Å². The second-order valence-corrected chi connectivity index (χ2v) is 8.57. The summed E-state index contributed by atoms with van der Waals surface area (Å²) in [6, 6.07) is 14.6. The Bertz CT molecular complexity index is 1330. The van der Waals surface area contributed by atoms with Crippen molar-refractivity contribution in [3.63, 3.8) is 0 Å². The normalized spacial score (nSPS) is 20.4. The predicted molar refractivity (Wildman–Crippen MR) is 121 cm³/mol. The van der Waals surface area contributed by atoms with Gasteiger partial charge in [-0.2, -0.15) is 0 Å². The lowest BCUT2D eigenvalue weighted by Gasteiger charge is -2.33. The fraction of sp³-hybridized carbons (Fsp3) is 0.308. The van der Waals surface area contributed by atoms with Gasteiger partial charge >= 0.3 is 0 Å². The summed E-state index contributed by atoms with van der Waals surface area (Å²) >= 11 is 0. The fourth-order valence-electron chi connectivity index (χ4n) is 4.80. The molecular weight excluding hydrogens is 386 g/mol. The van der Waals surface area contributed by atoms with Gasteiger partial charge in [0.15, 0.2) is 11.5 Å². The zero-order valence-electron chi connectivity index (χ0n) is 17.7.